The quantitative estimate of drug-likeness (QED) is 0.623. The SMILES string of the molecule is CCc1nc2ccccn2c1C(=O)NCc1ccc2ccn(C)c2c1. The number of benzene rings is 1. The smallest absolute Gasteiger partial charge is 0.270 e. The van der Waals surface area contributed by atoms with Crippen molar-refractivity contribution in [3.8, 4) is 0 Å². The number of nitrogens with one attached hydrogen (secondary N) is 1. The molecule has 3 heterocycles. The average Bonchev–Trinajstić information content (AvgIpc) is 3.20. The molecule has 0 atom stereocenters. The molecule has 0 aliphatic heterocycles. The standard InChI is InChI=1S/C20H20N4O/c1-3-16-19(24-10-5-4-6-18(24)22-16)20(25)21-13-14-7-8-15-9-11-23(2)17(15)12-14/h4-12H,3,13H2,1-2H3,(H,21,25). The van der Waals surface area contributed by atoms with E-state index >= 15 is 0 Å². The van der Waals surface area contributed by atoms with E-state index in [0.717, 1.165) is 28.8 Å². The first-order chi connectivity index (χ1) is 12.2. The van der Waals surface area contributed by atoms with Crippen LogP contribution in [0.25, 0.3) is 16.6 Å². The van der Waals surface area contributed by atoms with Gasteiger partial charge in [0, 0.05) is 31.5 Å². The summed E-state index contributed by atoms with van der Waals surface area (Å²) in [6.07, 6.45) is 4.64. The van der Waals surface area contributed by atoms with Gasteiger partial charge in [-0.25, -0.2) is 4.98 Å². The molecule has 0 aliphatic rings. The Morgan fingerprint density at radius 3 is 2.88 bits per heavy atom. The maximum absolute atomic E-state index is 12.8. The third-order valence-corrected chi connectivity index (χ3v) is 4.56. The van der Waals surface area contributed by atoms with E-state index in [-0.39, 0.29) is 5.91 Å². The van der Waals surface area contributed by atoms with Gasteiger partial charge in [-0.05, 0) is 41.6 Å². The molecule has 0 unspecified atom stereocenters. The Morgan fingerprint density at radius 2 is 2.04 bits per heavy atom. The summed E-state index contributed by atoms with van der Waals surface area (Å²) in [7, 11) is 2.02. The Bertz CT molecular complexity index is 1070. The second-order valence-corrected chi connectivity index (χ2v) is 6.19. The maximum atomic E-state index is 12.8. The highest BCUT2D eigenvalue weighted by Gasteiger charge is 2.17. The Balaban J connectivity index is 1.60. The number of nitrogens with zero attached hydrogens (tertiary/aromatic N) is 3. The third kappa shape index (κ3) is 2.67. The van der Waals surface area contributed by atoms with E-state index in [2.05, 4.69) is 39.1 Å². The van der Waals surface area contributed by atoms with Crippen molar-refractivity contribution in [1.82, 2.24) is 19.3 Å². The summed E-state index contributed by atoms with van der Waals surface area (Å²) in [4.78, 5) is 17.3. The molecule has 1 N–H and O–H groups in total. The predicted molar refractivity (Wildman–Crippen MR) is 98.7 cm³/mol. The largest absolute Gasteiger partial charge is 0.351 e. The summed E-state index contributed by atoms with van der Waals surface area (Å²) in [5, 5.41) is 4.24. The van der Waals surface area contributed by atoms with Crippen molar-refractivity contribution in [2.24, 2.45) is 7.05 Å². The minimum atomic E-state index is -0.0949. The fraction of sp³-hybridized carbons (Fsp3) is 0.200. The van der Waals surface area contributed by atoms with Crippen LogP contribution < -0.4 is 5.32 Å². The molecule has 0 spiro atoms. The first kappa shape index (κ1) is 15.4. The van der Waals surface area contributed by atoms with Crippen LogP contribution >= 0.6 is 0 Å². The van der Waals surface area contributed by atoms with Gasteiger partial charge in [0.1, 0.15) is 11.3 Å². The molecule has 5 nitrogen and oxygen atoms in total. The predicted octanol–water partition coefficient (Wildman–Crippen LogP) is 3.32. The van der Waals surface area contributed by atoms with Crippen LogP contribution in [0.1, 0.15) is 28.7 Å². The molecule has 5 heteroatoms. The lowest BCUT2D eigenvalue weighted by atomic mass is 10.1. The second kappa shape index (κ2) is 6.09. The van der Waals surface area contributed by atoms with Gasteiger partial charge >= 0.3 is 0 Å². The monoisotopic (exact) mass is 332 g/mol. The van der Waals surface area contributed by atoms with E-state index in [1.165, 1.54) is 5.39 Å². The zero-order valence-corrected chi connectivity index (χ0v) is 14.4. The van der Waals surface area contributed by atoms with Crippen LogP contribution in [0.2, 0.25) is 0 Å². The van der Waals surface area contributed by atoms with E-state index in [9.17, 15) is 4.79 Å². The zero-order chi connectivity index (χ0) is 17.4. The van der Waals surface area contributed by atoms with Gasteiger partial charge in [0.25, 0.3) is 5.91 Å². The molecule has 0 aliphatic carbocycles. The number of imidazole rings is 1. The van der Waals surface area contributed by atoms with Crippen molar-refractivity contribution in [2.75, 3.05) is 0 Å². The average molecular weight is 332 g/mol. The van der Waals surface area contributed by atoms with E-state index in [1.807, 2.05) is 49.0 Å². The van der Waals surface area contributed by atoms with Crippen LogP contribution in [0.15, 0.2) is 54.9 Å². The van der Waals surface area contributed by atoms with E-state index < -0.39 is 0 Å². The van der Waals surface area contributed by atoms with Crippen LogP contribution in [-0.4, -0.2) is 19.9 Å². The highest BCUT2D eigenvalue weighted by molar-refractivity contribution is 5.94. The van der Waals surface area contributed by atoms with Gasteiger partial charge in [-0.3, -0.25) is 9.20 Å². The number of hydrogen-bond acceptors (Lipinski definition) is 2. The molecule has 1 aromatic carbocycles. The maximum Gasteiger partial charge on any atom is 0.270 e. The summed E-state index contributed by atoms with van der Waals surface area (Å²) in [5.74, 6) is -0.0949. The fourth-order valence-corrected chi connectivity index (χ4v) is 3.22. The first-order valence-electron chi connectivity index (χ1n) is 8.45. The van der Waals surface area contributed by atoms with E-state index in [4.69, 9.17) is 0 Å². The summed E-state index contributed by atoms with van der Waals surface area (Å²) >= 11 is 0. The molecule has 1 amide bonds. The third-order valence-electron chi connectivity index (χ3n) is 4.56. The van der Waals surface area contributed by atoms with Crippen LogP contribution in [0, 0.1) is 0 Å². The summed E-state index contributed by atoms with van der Waals surface area (Å²) in [6, 6.07) is 14.1. The molecule has 126 valence electrons. The van der Waals surface area contributed by atoms with Crippen LogP contribution in [0.5, 0.6) is 0 Å². The van der Waals surface area contributed by atoms with Crippen molar-refractivity contribution in [2.45, 2.75) is 19.9 Å². The fourth-order valence-electron chi connectivity index (χ4n) is 3.22. The highest BCUT2D eigenvalue weighted by Crippen LogP contribution is 2.17. The lowest BCUT2D eigenvalue weighted by Gasteiger charge is -2.08. The molecule has 0 saturated carbocycles. The lowest BCUT2D eigenvalue weighted by molar-refractivity contribution is 0.0944. The van der Waals surface area contributed by atoms with Gasteiger partial charge in [-0.1, -0.05) is 25.1 Å². The number of carbonyl (C=O) groups is 1. The van der Waals surface area contributed by atoms with Crippen molar-refractivity contribution in [1.29, 1.82) is 0 Å². The van der Waals surface area contributed by atoms with Gasteiger partial charge in [0.15, 0.2) is 0 Å². The van der Waals surface area contributed by atoms with Gasteiger partial charge in [-0.15, -0.1) is 0 Å². The zero-order valence-electron chi connectivity index (χ0n) is 14.4. The minimum absolute atomic E-state index is 0.0949. The van der Waals surface area contributed by atoms with Gasteiger partial charge in [-0.2, -0.15) is 0 Å². The first-order valence-corrected chi connectivity index (χ1v) is 8.45. The summed E-state index contributed by atoms with van der Waals surface area (Å²) in [5.41, 5.74) is 4.49. The molecule has 4 aromatic rings. The number of pyridine rings is 1. The van der Waals surface area contributed by atoms with Gasteiger partial charge in [0.05, 0.1) is 5.69 Å². The van der Waals surface area contributed by atoms with Crippen molar-refractivity contribution < 1.29 is 4.79 Å². The minimum Gasteiger partial charge on any atom is -0.351 e. The molecule has 0 radical (unpaired) electrons. The highest BCUT2D eigenvalue weighted by atomic mass is 16.1. The number of aryl methyl sites for hydroxylation is 2. The molecule has 3 aromatic heterocycles. The Kier molecular flexibility index (Phi) is 3.76. The van der Waals surface area contributed by atoms with Crippen LogP contribution in [0.4, 0.5) is 0 Å². The van der Waals surface area contributed by atoms with E-state index in [0.29, 0.717) is 12.2 Å². The van der Waals surface area contributed by atoms with Crippen molar-refractivity contribution in [3.05, 3.63) is 71.8 Å². The summed E-state index contributed by atoms with van der Waals surface area (Å²) in [6.45, 7) is 2.51. The number of hydrogen-bond donors (Lipinski definition) is 1. The molecule has 4 rings (SSSR count). The topological polar surface area (TPSA) is 51.3 Å². The number of aromatic nitrogens is 3. The molecular weight excluding hydrogens is 312 g/mol. The second-order valence-electron chi connectivity index (χ2n) is 6.19. The number of fused-ring (bicyclic) bond motifs is 2. The van der Waals surface area contributed by atoms with E-state index in [1.54, 1.807) is 0 Å². The number of amides is 1. The molecule has 0 saturated heterocycles. The van der Waals surface area contributed by atoms with Crippen molar-refractivity contribution in [3.63, 3.8) is 0 Å². The molecule has 0 fully saturated rings. The van der Waals surface area contributed by atoms with Crippen LogP contribution in [0.3, 0.4) is 0 Å². The molecule has 25 heavy (non-hydrogen) atoms. The normalized spacial score (nSPS) is 11.3. The Labute approximate surface area is 145 Å². The van der Waals surface area contributed by atoms with Gasteiger partial charge < -0.3 is 9.88 Å². The Hall–Kier alpha value is -3.08. The number of rotatable bonds is 4. The molecule has 0 bridgehead atoms. The summed E-state index contributed by atoms with van der Waals surface area (Å²) < 4.78 is 3.94. The molecular formula is C20H20N4O. The van der Waals surface area contributed by atoms with Crippen LogP contribution in [-0.2, 0) is 20.0 Å². The Morgan fingerprint density at radius 1 is 1.16 bits per heavy atom. The van der Waals surface area contributed by atoms with Gasteiger partial charge in [0.2, 0.25) is 0 Å². The lowest BCUT2D eigenvalue weighted by Crippen LogP contribution is -2.25. The number of carbonyl (C=O) groups excluding carboxylic acids is 1. The van der Waals surface area contributed by atoms with Crippen molar-refractivity contribution >= 4 is 22.5 Å².